The smallest absolute Gasteiger partial charge is 0.416 e. The Kier molecular flexibility index (Phi) is 18.5. The average molecular weight is 1260 g/mol. The molecule has 1 heterocycles. The van der Waals surface area contributed by atoms with Crippen LogP contribution in [0.15, 0.2) is 146 Å². The van der Waals surface area contributed by atoms with Gasteiger partial charge in [-0.2, -0.15) is 132 Å². The molecule has 0 amide bonds. The Morgan fingerprint density at radius 1 is 0.437 bits per heavy atom. The van der Waals surface area contributed by atoms with Crippen LogP contribution in [0.4, 0.5) is 105 Å². The van der Waals surface area contributed by atoms with Crippen LogP contribution in [-0.4, -0.2) is 22.9 Å². The van der Waals surface area contributed by atoms with Gasteiger partial charge in [-0.3, -0.25) is 4.79 Å². The van der Waals surface area contributed by atoms with E-state index in [0.29, 0.717) is 17.2 Å². The minimum Gasteiger partial charge on any atom is -0.422 e. The maximum Gasteiger partial charge on any atom is 0.416 e. The van der Waals surface area contributed by atoms with Crippen molar-refractivity contribution in [1.82, 2.24) is 4.98 Å². The van der Waals surface area contributed by atoms with Gasteiger partial charge in [0.25, 0.3) is 0 Å². The van der Waals surface area contributed by atoms with Gasteiger partial charge in [-0.05, 0) is 60.7 Å². The molecule has 5 nitrogen and oxygen atoms in total. The van der Waals surface area contributed by atoms with Crippen molar-refractivity contribution < 1.29 is 124 Å². The Labute approximate surface area is 475 Å². The third-order valence-corrected chi connectivity index (χ3v) is 14.0. The van der Waals surface area contributed by atoms with Crippen LogP contribution in [-0.2, 0) is 56.0 Å². The van der Waals surface area contributed by atoms with E-state index in [1.807, 2.05) is 30.3 Å². The molecule has 0 aliphatic heterocycles. The van der Waals surface area contributed by atoms with Gasteiger partial charge in [0, 0.05) is 5.56 Å². The number of alkyl halides is 24. The van der Waals surface area contributed by atoms with Gasteiger partial charge in [0.05, 0.1) is 50.7 Å². The molecule has 87 heavy (non-hydrogen) atoms. The summed E-state index contributed by atoms with van der Waals surface area (Å²) in [5, 5.41) is 0. The second-order valence-electron chi connectivity index (χ2n) is 19.9. The first-order chi connectivity index (χ1) is 39.9. The van der Waals surface area contributed by atoms with E-state index in [2.05, 4.69) is 17.1 Å². The summed E-state index contributed by atoms with van der Waals surface area (Å²) in [6, 6.07) is 8.05. The summed E-state index contributed by atoms with van der Waals surface area (Å²) in [4.78, 5) is 29.0. The van der Waals surface area contributed by atoms with Gasteiger partial charge in [0.15, 0.2) is 6.20 Å². The molecule has 1 aliphatic carbocycles. The molecule has 0 N–H and O–H groups in total. The highest BCUT2D eigenvalue weighted by Crippen LogP contribution is 2.42. The number of ketones is 1. The Balaban J connectivity index is 0.000000300. The fourth-order valence-electron chi connectivity index (χ4n) is 9.99. The van der Waals surface area contributed by atoms with Crippen molar-refractivity contribution in [3.8, 4) is 5.75 Å². The van der Waals surface area contributed by atoms with Crippen LogP contribution in [0.5, 0.6) is 5.75 Å². The molecule has 0 radical (unpaired) electrons. The number of hydrogen-bond acceptors (Lipinski definition) is 4. The number of aromatic nitrogens is 2. The predicted molar refractivity (Wildman–Crippen MR) is 263 cm³/mol. The summed E-state index contributed by atoms with van der Waals surface area (Å²) < 4.78 is 348. The summed E-state index contributed by atoms with van der Waals surface area (Å²) in [5.74, 6) is 0.531. The van der Waals surface area contributed by atoms with E-state index >= 15 is 0 Å². The molecule has 0 unspecified atom stereocenters. The number of benzene rings is 6. The zero-order chi connectivity index (χ0) is 64.7. The number of hydrogen-bond donors (Lipinski definition) is 0. The number of esters is 1. The van der Waals surface area contributed by atoms with Crippen molar-refractivity contribution in [2.75, 3.05) is 0 Å². The number of halogens is 24. The van der Waals surface area contributed by atoms with Crippen LogP contribution in [0.2, 0.25) is 0 Å². The second kappa shape index (κ2) is 24.2. The molecule has 6 aromatic carbocycles. The van der Waals surface area contributed by atoms with Crippen LogP contribution in [0.1, 0.15) is 109 Å². The number of rotatable bonds is 10. The lowest BCUT2D eigenvalue weighted by atomic mass is 9.12. The first-order valence-corrected chi connectivity index (χ1v) is 25.1. The van der Waals surface area contributed by atoms with Crippen molar-refractivity contribution in [3.05, 3.63) is 207 Å². The lowest BCUT2D eigenvalue weighted by molar-refractivity contribution is -0.683. The number of ether oxygens (including phenoxy) is 1. The zero-order valence-electron chi connectivity index (χ0n) is 43.4. The van der Waals surface area contributed by atoms with E-state index in [1.165, 1.54) is 43.9 Å². The largest absolute Gasteiger partial charge is 0.422 e. The van der Waals surface area contributed by atoms with E-state index < -0.39 is 201 Å². The molecule has 0 bridgehead atoms. The summed E-state index contributed by atoms with van der Waals surface area (Å²) in [7, 11) is 0. The molecule has 0 spiro atoms. The number of nitrogens with zero attached hydrogens (tertiary/aromatic N) is 2. The molecular formula is C57H37BF24N2O3. The molecule has 464 valence electrons. The van der Waals surface area contributed by atoms with Crippen molar-refractivity contribution in [2.45, 2.75) is 94.0 Å². The molecule has 30 heteroatoms. The lowest BCUT2D eigenvalue weighted by Gasteiger charge is -2.46. The highest BCUT2D eigenvalue weighted by molar-refractivity contribution is 7.20. The Morgan fingerprint density at radius 2 is 0.759 bits per heavy atom. The molecule has 1 aromatic heterocycles. The topological polar surface area (TPSA) is 60.1 Å². The fraction of sp³-hybridized carbons (Fsp3) is 0.263. The van der Waals surface area contributed by atoms with Gasteiger partial charge in [-0.15, -0.1) is 0 Å². The molecular weight excluding hydrogens is 1230 g/mol. The molecule has 0 atom stereocenters. The van der Waals surface area contributed by atoms with Gasteiger partial charge in [-0.1, -0.05) is 110 Å². The molecule has 0 saturated heterocycles. The predicted octanol–water partition coefficient (Wildman–Crippen LogP) is 15.7. The SMILES string of the molecule is FC(F)(F)c1cc([B-](c2cc(C(F)(F)F)cc(C(F)(F)F)c2)(c2cc(C(F)(F)F)cc(C(F)(F)F)c2)c2cc(C(F)(F)F)cc(C(F)(F)F)c2)cc(C(F)(F)F)c1.O=C(C[n+]1ccnc(C(=O)Oc2ccc(C3CCCCC3)cc2)c1)c1ccccc1. The van der Waals surface area contributed by atoms with Crippen molar-refractivity contribution in [1.29, 1.82) is 0 Å². The van der Waals surface area contributed by atoms with Crippen LogP contribution < -0.4 is 31.2 Å². The molecule has 7 aromatic rings. The Hall–Kier alpha value is -8.08. The lowest BCUT2D eigenvalue weighted by Crippen LogP contribution is -2.75. The molecule has 1 aliphatic rings. The van der Waals surface area contributed by atoms with Crippen LogP contribution in [0.3, 0.4) is 0 Å². The minimum absolute atomic E-state index is 0.0376. The standard InChI is InChI=1S/C32H12BF24.C25H25N2O3/c34-25(35,36)13-1-14(26(37,38)39)6-21(5-13)33(22-7-15(27(40,41)42)2-16(8-22)28(43,44)45,23-9-17(29(46,47)48)3-18(10-23)30(49,50)51)24-11-19(31(52,53)54)4-20(12-24)32(55,56)57;28-24(21-9-5-2-6-10-21)18-27-16-15-26-23(17-27)25(29)30-22-13-11-20(12-14-22)19-7-3-1-4-8-19/h1-12H;2,5-6,9-17,19H,1,3-4,7-8,18H2/q-1;+1. The fourth-order valence-corrected chi connectivity index (χ4v) is 9.99. The van der Waals surface area contributed by atoms with Crippen LogP contribution >= 0.6 is 0 Å². The Morgan fingerprint density at radius 3 is 1.07 bits per heavy atom. The van der Waals surface area contributed by atoms with Crippen molar-refractivity contribution in [3.63, 3.8) is 0 Å². The quantitative estimate of drug-likeness (QED) is 0.0342. The number of carbonyl (C=O) groups excluding carboxylic acids is 2. The molecule has 1 saturated carbocycles. The average Bonchev–Trinajstić information content (AvgIpc) is 0.720. The zero-order valence-corrected chi connectivity index (χ0v) is 43.4. The van der Waals surface area contributed by atoms with Crippen LogP contribution in [0, 0.1) is 0 Å². The Bertz CT molecular complexity index is 3180. The molecule has 1 fully saturated rings. The first kappa shape index (κ1) is 66.5. The number of Topliss-reactive ketones (excluding diaryl/α,β-unsaturated/α-hetero) is 1. The third-order valence-electron chi connectivity index (χ3n) is 14.0. The summed E-state index contributed by atoms with van der Waals surface area (Å²) in [6.07, 6.45) is -43.7. The summed E-state index contributed by atoms with van der Waals surface area (Å²) in [5.41, 5.74) is -28.1. The number of carbonyl (C=O) groups is 2. The van der Waals surface area contributed by atoms with E-state index in [-0.39, 0.29) is 18.0 Å². The second-order valence-corrected chi connectivity index (χ2v) is 19.9. The first-order valence-electron chi connectivity index (χ1n) is 25.1. The van der Waals surface area contributed by atoms with Crippen molar-refractivity contribution >= 4 is 39.7 Å². The van der Waals surface area contributed by atoms with E-state index in [9.17, 15) is 115 Å². The minimum atomic E-state index is -6.13. The van der Waals surface area contributed by atoms with Crippen molar-refractivity contribution in [2.24, 2.45) is 0 Å². The van der Waals surface area contributed by atoms with Gasteiger partial charge in [0.2, 0.25) is 24.2 Å². The van der Waals surface area contributed by atoms with Gasteiger partial charge < -0.3 is 4.74 Å². The van der Waals surface area contributed by atoms with E-state index in [0.717, 1.165) is 0 Å². The van der Waals surface area contributed by atoms with Gasteiger partial charge in [-0.25, -0.2) is 9.78 Å². The summed E-state index contributed by atoms with van der Waals surface area (Å²) in [6.45, 7) is 0.128. The normalized spacial score (nSPS) is 14.3. The highest BCUT2D eigenvalue weighted by Gasteiger charge is 2.47. The van der Waals surface area contributed by atoms with E-state index in [4.69, 9.17) is 4.74 Å². The maximum absolute atomic E-state index is 14.2. The summed E-state index contributed by atoms with van der Waals surface area (Å²) >= 11 is 0. The highest BCUT2D eigenvalue weighted by atomic mass is 19.4. The van der Waals surface area contributed by atoms with Gasteiger partial charge in [0.1, 0.15) is 11.9 Å². The van der Waals surface area contributed by atoms with Gasteiger partial charge >= 0.3 is 55.4 Å². The van der Waals surface area contributed by atoms with Crippen LogP contribution in [0.25, 0.3) is 0 Å². The molecule has 8 rings (SSSR count). The van der Waals surface area contributed by atoms with E-state index in [1.54, 1.807) is 29.1 Å². The monoisotopic (exact) mass is 1260 g/mol. The third kappa shape index (κ3) is 15.9. The maximum atomic E-state index is 14.2.